The van der Waals surface area contributed by atoms with Crippen LogP contribution in [0, 0.1) is 0 Å². The number of hydrogen-bond donors (Lipinski definition) is 0. The van der Waals surface area contributed by atoms with Crippen molar-refractivity contribution in [3.05, 3.63) is 12.7 Å². The lowest BCUT2D eigenvalue weighted by Gasteiger charge is -2.36. The number of carbonyl (C=O) groups is 1. The van der Waals surface area contributed by atoms with Crippen LogP contribution in [0.1, 0.15) is 34.1 Å². The summed E-state index contributed by atoms with van der Waals surface area (Å²) >= 11 is 0. The summed E-state index contributed by atoms with van der Waals surface area (Å²) in [6.07, 6.45) is 2.07. The van der Waals surface area contributed by atoms with Gasteiger partial charge in [-0.05, 0) is 34.1 Å². The lowest BCUT2D eigenvalue weighted by molar-refractivity contribution is -0.0515. The molecule has 1 amide bonds. The molecule has 0 N–H and O–H groups in total. The molecule has 1 rings (SSSR count). The number of ether oxygens (including phenoxy) is 2. The lowest BCUT2D eigenvalue weighted by Crippen LogP contribution is -2.52. The Morgan fingerprint density at radius 3 is 2.56 bits per heavy atom. The minimum Gasteiger partial charge on any atom is -0.449 e. The van der Waals surface area contributed by atoms with Gasteiger partial charge in [-0.15, -0.1) is 6.58 Å². The fraction of sp³-hybridized carbons (Fsp3) is 0.750. The zero-order valence-corrected chi connectivity index (χ0v) is 10.6. The standard InChI is InChI=1S/C12H21NO3/c1-6-7-8-15-10(14)13-11(2,3)9-16-12(13,4)5/h6H,1,7-9H2,2-5H3. The van der Waals surface area contributed by atoms with Gasteiger partial charge in [0.15, 0.2) is 0 Å². The highest BCUT2D eigenvalue weighted by molar-refractivity contribution is 5.69. The summed E-state index contributed by atoms with van der Waals surface area (Å²) in [5.74, 6) is 0. The van der Waals surface area contributed by atoms with E-state index in [1.807, 2.05) is 27.7 Å². The maximum absolute atomic E-state index is 11.9. The Kier molecular flexibility index (Phi) is 3.63. The molecule has 0 saturated carbocycles. The minimum absolute atomic E-state index is 0.325. The highest BCUT2D eigenvalue weighted by Gasteiger charge is 2.49. The van der Waals surface area contributed by atoms with Gasteiger partial charge in [0.2, 0.25) is 0 Å². The van der Waals surface area contributed by atoms with E-state index in [2.05, 4.69) is 6.58 Å². The summed E-state index contributed by atoms with van der Waals surface area (Å²) in [7, 11) is 0. The Morgan fingerprint density at radius 1 is 1.50 bits per heavy atom. The average molecular weight is 227 g/mol. The number of nitrogens with zero attached hydrogens (tertiary/aromatic N) is 1. The van der Waals surface area contributed by atoms with Crippen molar-refractivity contribution in [2.24, 2.45) is 0 Å². The second-order valence-electron chi connectivity index (χ2n) is 5.07. The first-order chi connectivity index (χ1) is 7.31. The molecule has 4 heteroatoms. The normalized spacial score (nSPS) is 21.9. The van der Waals surface area contributed by atoms with Gasteiger partial charge in [0.05, 0.1) is 18.8 Å². The summed E-state index contributed by atoms with van der Waals surface area (Å²) in [6.45, 7) is 12.2. The van der Waals surface area contributed by atoms with Crippen LogP contribution in [0.4, 0.5) is 4.79 Å². The molecule has 0 radical (unpaired) electrons. The van der Waals surface area contributed by atoms with Crippen molar-refractivity contribution in [3.63, 3.8) is 0 Å². The summed E-state index contributed by atoms with van der Waals surface area (Å²) in [5.41, 5.74) is -0.927. The van der Waals surface area contributed by atoms with Gasteiger partial charge in [0, 0.05) is 0 Å². The van der Waals surface area contributed by atoms with E-state index in [1.165, 1.54) is 0 Å². The van der Waals surface area contributed by atoms with E-state index in [1.54, 1.807) is 11.0 Å². The topological polar surface area (TPSA) is 38.8 Å². The van der Waals surface area contributed by atoms with Gasteiger partial charge in [0.25, 0.3) is 0 Å². The van der Waals surface area contributed by atoms with Crippen LogP contribution in [0.15, 0.2) is 12.7 Å². The number of rotatable bonds is 3. The number of carbonyl (C=O) groups excluding carboxylic acids is 1. The van der Waals surface area contributed by atoms with Gasteiger partial charge in [-0.1, -0.05) is 6.08 Å². The van der Waals surface area contributed by atoms with E-state index in [4.69, 9.17) is 9.47 Å². The predicted molar refractivity (Wildman–Crippen MR) is 62.1 cm³/mol. The van der Waals surface area contributed by atoms with Gasteiger partial charge >= 0.3 is 6.09 Å². The van der Waals surface area contributed by atoms with Crippen LogP contribution in [-0.2, 0) is 9.47 Å². The Balaban J connectivity index is 2.68. The van der Waals surface area contributed by atoms with Crippen molar-refractivity contribution in [1.82, 2.24) is 4.90 Å². The maximum Gasteiger partial charge on any atom is 0.412 e. The van der Waals surface area contributed by atoms with E-state index in [9.17, 15) is 4.79 Å². The third kappa shape index (κ3) is 2.55. The van der Waals surface area contributed by atoms with Crippen LogP contribution in [0.3, 0.4) is 0 Å². The van der Waals surface area contributed by atoms with Crippen molar-refractivity contribution in [2.75, 3.05) is 13.2 Å². The van der Waals surface area contributed by atoms with Crippen molar-refractivity contribution >= 4 is 6.09 Å². The minimum atomic E-state index is -0.602. The van der Waals surface area contributed by atoms with E-state index in [0.29, 0.717) is 19.6 Å². The molecular weight excluding hydrogens is 206 g/mol. The molecule has 1 heterocycles. The molecule has 0 atom stereocenters. The van der Waals surface area contributed by atoms with Crippen LogP contribution in [0.2, 0.25) is 0 Å². The molecule has 0 bridgehead atoms. The summed E-state index contributed by atoms with van der Waals surface area (Å²) in [5, 5.41) is 0. The summed E-state index contributed by atoms with van der Waals surface area (Å²) in [4.78, 5) is 13.6. The van der Waals surface area contributed by atoms with Crippen LogP contribution in [-0.4, -0.2) is 35.5 Å². The van der Waals surface area contributed by atoms with Crippen LogP contribution < -0.4 is 0 Å². The molecule has 0 unspecified atom stereocenters. The van der Waals surface area contributed by atoms with Gasteiger partial charge in [-0.3, -0.25) is 4.90 Å². The first-order valence-corrected chi connectivity index (χ1v) is 5.53. The second-order valence-corrected chi connectivity index (χ2v) is 5.07. The fourth-order valence-corrected chi connectivity index (χ4v) is 1.97. The highest BCUT2D eigenvalue weighted by atomic mass is 16.6. The van der Waals surface area contributed by atoms with Gasteiger partial charge in [-0.25, -0.2) is 4.79 Å². The van der Waals surface area contributed by atoms with Crippen LogP contribution in [0.5, 0.6) is 0 Å². The monoisotopic (exact) mass is 227 g/mol. The highest BCUT2D eigenvalue weighted by Crippen LogP contribution is 2.34. The second kappa shape index (κ2) is 4.45. The zero-order chi connectivity index (χ0) is 12.4. The maximum atomic E-state index is 11.9. The average Bonchev–Trinajstić information content (AvgIpc) is 2.36. The predicted octanol–water partition coefficient (Wildman–Crippen LogP) is 2.55. The first-order valence-electron chi connectivity index (χ1n) is 5.53. The summed E-state index contributed by atoms with van der Waals surface area (Å²) < 4.78 is 10.8. The van der Waals surface area contributed by atoms with Crippen molar-refractivity contribution in [3.8, 4) is 0 Å². The van der Waals surface area contributed by atoms with E-state index in [0.717, 1.165) is 0 Å². The van der Waals surface area contributed by atoms with Crippen molar-refractivity contribution < 1.29 is 14.3 Å². The van der Waals surface area contributed by atoms with Gasteiger partial charge < -0.3 is 9.47 Å². The molecule has 0 aromatic carbocycles. The molecule has 0 aromatic rings. The molecule has 1 fully saturated rings. The zero-order valence-electron chi connectivity index (χ0n) is 10.6. The fourth-order valence-electron chi connectivity index (χ4n) is 1.97. The molecule has 1 aliphatic rings. The molecule has 0 aromatic heterocycles. The van der Waals surface area contributed by atoms with E-state index in [-0.39, 0.29) is 11.6 Å². The van der Waals surface area contributed by atoms with Crippen LogP contribution >= 0.6 is 0 Å². The van der Waals surface area contributed by atoms with Gasteiger partial charge in [0.1, 0.15) is 5.72 Å². The smallest absolute Gasteiger partial charge is 0.412 e. The Bertz CT molecular complexity index is 268. The first kappa shape index (κ1) is 13.0. The Hall–Kier alpha value is -1.03. The molecule has 0 aliphatic carbocycles. The largest absolute Gasteiger partial charge is 0.449 e. The Labute approximate surface area is 97.2 Å². The number of amides is 1. The molecule has 1 aliphatic heterocycles. The SMILES string of the molecule is C=CCCOC(=O)N1C(C)(C)COC1(C)C. The quantitative estimate of drug-likeness (QED) is 0.549. The van der Waals surface area contributed by atoms with Crippen molar-refractivity contribution in [2.45, 2.75) is 45.4 Å². The molecule has 0 spiro atoms. The molecule has 16 heavy (non-hydrogen) atoms. The lowest BCUT2D eigenvalue weighted by atomic mass is 10.0. The van der Waals surface area contributed by atoms with Crippen molar-refractivity contribution in [1.29, 1.82) is 0 Å². The van der Waals surface area contributed by atoms with Crippen LogP contribution in [0.25, 0.3) is 0 Å². The molecular formula is C12H21NO3. The molecule has 92 valence electrons. The number of hydrogen-bond acceptors (Lipinski definition) is 3. The van der Waals surface area contributed by atoms with E-state index >= 15 is 0 Å². The molecule has 1 saturated heterocycles. The Morgan fingerprint density at radius 2 is 2.12 bits per heavy atom. The van der Waals surface area contributed by atoms with E-state index < -0.39 is 5.72 Å². The molecule has 4 nitrogen and oxygen atoms in total. The third-order valence-corrected chi connectivity index (χ3v) is 2.65. The summed E-state index contributed by atoms with van der Waals surface area (Å²) in [6, 6.07) is 0. The third-order valence-electron chi connectivity index (χ3n) is 2.65. The van der Waals surface area contributed by atoms with Gasteiger partial charge in [-0.2, -0.15) is 0 Å².